The maximum absolute atomic E-state index is 13.0. The number of rotatable bonds is 5. The summed E-state index contributed by atoms with van der Waals surface area (Å²) >= 11 is 3.13. The molecule has 2 heterocycles. The van der Waals surface area contributed by atoms with Crippen LogP contribution in [0.2, 0.25) is 0 Å². The van der Waals surface area contributed by atoms with E-state index in [0.717, 1.165) is 45.3 Å². The zero-order chi connectivity index (χ0) is 18.9. The van der Waals surface area contributed by atoms with Gasteiger partial charge in [-0.05, 0) is 46.8 Å². The minimum atomic E-state index is -3.75. The van der Waals surface area contributed by atoms with Crippen LogP contribution in [0.4, 0.5) is 5.69 Å². The molecule has 0 bridgehead atoms. The van der Waals surface area contributed by atoms with E-state index in [0.29, 0.717) is 18.7 Å². The van der Waals surface area contributed by atoms with Crippen molar-refractivity contribution in [3.8, 4) is 0 Å². The molecule has 0 spiro atoms. The lowest BCUT2D eigenvalue weighted by Gasteiger charge is -2.29. The van der Waals surface area contributed by atoms with Crippen LogP contribution in [0.3, 0.4) is 0 Å². The number of hydrogen-bond donors (Lipinski definition) is 0. The Kier molecular flexibility index (Phi) is 5.97. The van der Waals surface area contributed by atoms with E-state index in [-0.39, 0.29) is 21.0 Å². The van der Waals surface area contributed by atoms with Crippen molar-refractivity contribution < 1.29 is 18.1 Å². The van der Waals surface area contributed by atoms with Gasteiger partial charge in [0.1, 0.15) is 0 Å². The number of sulfonamides is 1. The third kappa shape index (κ3) is 4.09. The van der Waals surface area contributed by atoms with Crippen molar-refractivity contribution in [2.24, 2.45) is 5.92 Å². The average molecular weight is 448 g/mol. The van der Waals surface area contributed by atoms with Crippen LogP contribution in [0.15, 0.2) is 21.5 Å². The minimum Gasteiger partial charge on any atom is -0.379 e. The Balaban J connectivity index is 1.76. The normalized spacial score (nSPS) is 22.6. The van der Waals surface area contributed by atoms with Crippen molar-refractivity contribution in [2.75, 3.05) is 45.9 Å². The Labute approximate surface area is 161 Å². The highest BCUT2D eigenvalue weighted by molar-refractivity contribution is 9.10. The van der Waals surface area contributed by atoms with E-state index in [4.69, 9.17) is 4.74 Å². The molecule has 0 N–H and O–H groups in total. The molecule has 144 valence electrons. The molecule has 10 heteroatoms. The molecule has 1 aromatic carbocycles. The van der Waals surface area contributed by atoms with E-state index >= 15 is 0 Å². The Morgan fingerprint density at radius 2 is 2.00 bits per heavy atom. The summed E-state index contributed by atoms with van der Waals surface area (Å²) in [7, 11) is -3.75. The Morgan fingerprint density at radius 1 is 1.31 bits per heavy atom. The number of nitrogens with zero attached hydrogens (tertiary/aromatic N) is 3. The summed E-state index contributed by atoms with van der Waals surface area (Å²) in [6, 6.07) is 2.65. The van der Waals surface area contributed by atoms with Crippen LogP contribution < -0.4 is 0 Å². The molecule has 0 amide bonds. The van der Waals surface area contributed by atoms with Crippen LogP contribution >= 0.6 is 15.9 Å². The highest BCUT2D eigenvalue weighted by Gasteiger charge is 2.35. The topological polar surface area (TPSA) is 93.0 Å². The predicted octanol–water partition coefficient (Wildman–Crippen LogP) is 2.01. The van der Waals surface area contributed by atoms with Crippen LogP contribution in [0.25, 0.3) is 0 Å². The van der Waals surface area contributed by atoms with Gasteiger partial charge in [-0.15, -0.1) is 0 Å². The first kappa shape index (κ1) is 19.7. The van der Waals surface area contributed by atoms with Crippen LogP contribution in [0.5, 0.6) is 0 Å². The molecule has 1 atom stereocenters. The summed E-state index contributed by atoms with van der Waals surface area (Å²) < 4.78 is 33.2. The second-order valence-corrected chi connectivity index (χ2v) is 9.52. The number of hydrogen-bond acceptors (Lipinski definition) is 6. The van der Waals surface area contributed by atoms with E-state index in [9.17, 15) is 18.5 Å². The summed E-state index contributed by atoms with van der Waals surface area (Å²) in [4.78, 5) is 12.9. The molecule has 0 aromatic heterocycles. The number of nitro benzene ring substituents is 1. The van der Waals surface area contributed by atoms with E-state index in [1.54, 1.807) is 6.92 Å². The molecule has 2 aliphatic heterocycles. The van der Waals surface area contributed by atoms with Gasteiger partial charge in [-0.25, -0.2) is 8.42 Å². The van der Waals surface area contributed by atoms with Gasteiger partial charge in [-0.1, -0.05) is 0 Å². The molecular weight excluding hydrogens is 426 g/mol. The standard InChI is InChI=1S/C16H22BrN3O5S/c1-12-8-14(17)15(20(21)22)9-16(12)26(23,24)19-3-2-13(11-19)10-18-4-6-25-7-5-18/h8-9,13H,2-7,10-11H2,1H3. The van der Waals surface area contributed by atoms with Crippen molar-refractivity contribution in [1.82, 2.24) is 9.21 Å². The van der Waals surface area contributed by atoms with Gasteiger partial charge in [0.15, 0.2) is 0 Å². The lowest BCUT2D eigenvalue weighted by Crippen LogP contribution is -2.40. The predicted molar refractivity (Wildman–Crippen MR) is 99.7 cm³/mol. The zero-order valence-corrected chi connectivity index (χ0v) is 17.0. The van der Waals surface area contributed by atoms with Gasteiger partial charge in [0.05, 0.1) is 27.5 Å². The molecule has 1 unspecified atom stereocenters. The molecule has 1 aromatic rings. The van der Waals surface area contributed by atoms with Crippen LogP contribution in [-0.4, -0.2) is 68.5 Å². The summed E-state index contributed by atoms with van der Waals surface area (Å²) in [6.07, 6.45) is 0.800. The monoisotopic (exact) mass is 447 g/mol. The number of nitro groups is 1. The van der Waals surface area contributed by atoms with E-state index < -0.39 is 14.9 Å². The maximum Gasteiger partial charge on any atom is 0.284 e. The summed E-state index contributed by atoms with van der Waals surface area (Å²) in [5, 5.41) is 11.2. The van der Waals surface area contributed by atoms with Crippen molar-refractivity contribution >= 4 is 31.6 Å². The van der Waals surface area contributed by atoms with Crippen molar-refractivity contribution in [2.45, 2.75) is 18.2 Å². The molecule has 2 fully saturated rings. The smallest absolute Gasteiger partial charge is 0.284 e. The fraction of sp³-hybridized carbons (Fsp3) is 0.625. The van der Waals surface area contributed by atoms with Crippen LogP contribution in [0.1, 0.15) is 12.0 Å². The third-order valence-electron chi connectivity index (χ3n) is 4.93. The SMILES string of the molecule is Cc1cc(Br)c([N+](=O)[O-])cc1S(=O)(=O)N1CCC(CN2CCOCC2)C1. The first-order chi connectivity index (χ1) is 12.3. The van der Waals surface area contributed by atoms with Gasteiger partial charge in [-0.3, -0.25) is 15.0 Å². The molecule has 8 nitrogen and oxygen atoms in total. The van der Waals surface area contributed by atoms with Crippen molar-refractivity contribution in [3.05, 3.63) is 32.3 Å². The molecular formula is C16H22BrN3O5S. The van der Waals surface area contributed by atoms with E-state index in [1.165, 1.54) is 10.4 Å². The number of morpholine rings is 1. The molecule has 2 aliphatic rings. The Hall–Kier alpha value is -1.07. The van der Waals surface area contributed by atoms with Crippen molar-refractivity contribution in [1.29, 1.82) is 0 Å². The minimum absolute atomic E-state index is 0.0134. The second kappa shape index (κ2) is 7.89. The first-order valence-electron chi connectivity index (χ1n) is 8.54. The van der Waals surface area contributed by atoms with E-state index in [2.05, 4.69) is 20.8 Å². The lowest BCUT2D eigenvalue weighted by molar-refractivity contribution is -0.385. The van der Waals surface area contributed by atoms with Gasteiger partial charge in [0, 0.05) is 38.8 Å². The molecule has 26 heavy (non-hydrogen) atoms. The van der Waals surface area contributed by atoms with Gasteiger partial charge in [-0.2, -0.15) is 4.31 Å². The summed E-state index contributed by atoms with van der Waals surface area (Å²) in [6.45, 7) is 6.59. The molecule has 0 saturated carbocycles. The highest BCUT2D eigenvalue weighted by atomic mass is 79.9. The number of ether oxygens (including phenoxy) is 1. The molecule has 2 saturated heterocycles. The highest BCUT2D eigenvalue weighted by Crippen LogP contribution is 2.33. The number of aryl methyl sites for hydroxylation is 1. The Bertz CT molecular complexity index is 795. The summed E-state index contributed by atoms with van der Waals surface area (Å²) in [5.74, 6) is 0.272. The first-order valence-corrected chi connectivity index (χ1v) is 10.8. The number of halogens is 1. The molecule has 0 radical (unpaired) electrons. The fourth-order valence-electron chi connectivity index (χ4n) is 3.51. The second-order valence-electron chi connectivity index (χ2n) is 6.76. The number of benzene rings is 1. The average Bonchev–Trinajstić information content (AvgIpc) is 3.04. The molecule has 3 rings (SSSR count). The maximum atomic E-state index is 13.0. The van der Waals surface area contributed by atoms with Gasteiger partial charge in [0.25, 0.3) is 5.69 Å². The van der Waals surface area contributed by atoms with Gasteiger partial charge in [0.2, 0.25) is 10.0 Å². The zero-order valence-electron chi connectivity index (χ0n) is 14.6. The third-order valence-corrected chi connectivity index (χ3v) is 7.57. The van der Waals surface area contributed by atoms with Crippen LogP contribution in [0, 0.1) is 23.0 Å². The Morgan fingerprint density at radius 3 is 2.65 bits per heavy atom. The van der Waals surface area contributed by atoms with Gasteiger partial charge < -0.3 is 4.74 Å². The molecule has 0 aliphatic carbocycles. The van der Waals surface area contributed by atoms with Gasteiger partial charge >= 0.3 is 0 Å². The fourth-order valence-corrected chi connectivity index (χ4v) is 5.87. The largest absolute Gasteiger partial charge is 0.379 e. The quantitative estimate of drug-likeness (QED) is 0.506. The summed E-state index contributed by atoms with van der Waals surface area (Å²) in [5.41, 5.74) is 0.261. The van der Waals surface area contributed by atoms with Crippen LogP contribution in [-0.2, 0) is 14.8 Å². The van der Waals surface area contributed by atoms with E-state index in [1.807, 2.05) is 0 Å². The lowest BCUT2D eigenvalue weighted by atomic mass is 10.1. The van der Waals surface area contributed by atoms with Crippen molar-refractivity contribution in [3.63, 3.8) is 0 Å².